The summed E-state index contributed by atoms with van der Waals surface area (Å²) in [6.07, 6.45) is 2.49. The molecule has 0 fully saturated rings. The zero-order valence-electron chi connectivity index (χ0n) is 16.4. The molecular formula is C24H26N2O. The largest absolute Gasteiger partial charge is 0.342 e. The van der Waals surface area contributed by atoms with E-state index in [1.54, 1.807) is 6.20 Å². The Morgan fingerprint density at radius 1 is 0.889 bits per heavy atom. The number of aryl methyl sites for hydroxylation is 2. The molecule has 0 unspecified atom stereocenters. The predicted octanol–water partition coefficient (Wildman–Crippen LogP) is 4.95. The lowest BCUT2D eigenvalue weighted by atomic mass is 9.92. The lowest BCUT2D eigenvalue weighted by molar-refractivity contribution is 0.0909. The molecule has 3 nitrogen and oxygen atoms in total. The van der Waals surface area contributed by atoms with E-state index in [1.165, 1.54) is 11.1 Å². The van der Waals surface area contributed by atoms with E-state index >= 15 is 0 Å². The highest BCUT2D eigenvalue weighted by molar-refractivity contribution is 5.97. The first-order valence-corrected chi connectivity index (χ1v) is 9.25. The fraction of sp³-hybridized carbons (Fsp3) is 0.250. The average molecular weight is 358 g/mol. The van der Waals surface area contributed by atoms with E-state index in [4.69, 9.17) is 0 Å². The van der Waals surface area contributed by atoms with E-state index in [0.717, 1.165) is 28.8 Å². The van der Waals surface area contributed by atoms with Crippen LogP contribution in [0.3, 0.4) is 0 Å². The van der Waals surface area contributed by atoms with E-state index in [1.807, 2.05) is 69.3 Å². The van der Waals surface area contributed by atoms with Crippen molar-refractivity contribution in [1.82, 2.24) is 10.3 Å². The molecule has 0 spiro atoms. The fourth-order valence-corrected chi connectivity index (χ4v) is 3.36. The smallest absolute Gasteiger partial charge is 0.252 e. The van der Waals surface area contributed by atoms with E-state index in [0.29, 0.717) is 0 Å². The lowest BCUT2D eigenvalue weighted by Gasteiger charge is -2.27. The molecule has 3 heteroatoms. The molecule has 3 rings (SSSR count). The van der Waals surface area contributed by atoms with Gasteiger partial charge in [0.15, 0.2) is 0 Å². The molecule has 0 saturated heterocycles. The molecule has 2 aromatic carbocycles. The summed E-state index contributed by atoms with van der Waals surface area (Å²) in [4.78, 5) is 17.6. The summed E-state index contributed by atoms with van der Waals surface area (Å²) in [5.41, 5.74) is 5.53. The van der Waals surface area contributed by atoms with Crippen LogP contribution in [0.25, 0.3) is 0 Å². The van der Waals surface area contributed by atoms with Crippen LogP contribution in [-0.4, -0.2) is 10.9 Å². The molecule has 3 aromatic rings. The molecule has 0 bridgehead atoms. The van der Waals surface area contributed by atoms with Crippen LogP contribution in [0.2, 0.25) is 0 Å². The molecule has 0 aliphatic carbocycles. The SMILES string of the molecule is Cc1ccccc1Cc1cccc(C)c1C(=O)NC(C)(C)c1ccccn1. The van der Waals surface area contributed by atoms with Gasteiger partial charge < -0.3 is 5.32 Å². The molecule has 1 amide bonds. The van der Waals surface area contributed by atoms with Crippen LogP contribution in [0.1, 0.15) is 52.2 Å². The van der Waals surface area contributed by atoms with Gasteiger partial charge in [-0.2, -0.15) is 0 Å². The number of hydrogen-bond donors (Lipinski definition) is 1. The second kappa shape index (κ2) is 7.75. The van der Waals surface area contributed by atoms with Crippen molar-refractivity contribution in [1.29, 1.82) is 0 Å². The molecule has 1 heterocycles. The van der Waals surface area contributed by atoms with Crippen LogP contribution < -0.4 is 5.32 Å². The number of rotatable bonds is 5. The summed E-state index contributed by atoms with van der Waals surface area (Å²) in [6.45, 7) is 8.05. The summed E-state index contributed by atoms with van der Waals surface area (Å²) in [6, 6.07) is 20.1. The van der Waals surface area contributed by atoms with Crippen molar-refractivity contribution >= 4 is 5.91 Å². The highest BCUT2D eigenvalue weighted by atomic mass is 16.1. The molecule has 1 aromatic heterocycles. The standard InChI is InChI=1S/C24H26N2O/c1-17-10-5-6-12-19(17)16-20-13-9-11-18(2)22(20)23(27)26-24(3,4)21-14-7-8-15-25-21/h5-15H,16H2,1-4H3,(H,26,27). The lowest BCUT2D eigenvalue weighted by Crippen LogP contribution is -2.42. The van der Waals surface area contributed by atoms with Crippen LogP contribution >= 0.6 is 0 Å². The van der Waals surface area contributed by atoms with Crippen LogP contribution in [0.15, 0.2) is 66.9 Å². The molecular weight excluding hydrogens is 332 g/mol. The highest BCUT2D eigenvalue weighted by Gasteiger charge is 2.26. The summed E-state index contributed by atoms with van der Waals surface area (Å²) >= 11 is 0. The Labute approximate surface area is 161 Å². The van der Waals surface area contributed by atoms with Gasteiger partial charge in [-0.1, -0.05) is 48.5 Å². The molecule has 0 aliphatic heterocycles. The number of aromatic nitrogens is 1. The van der Waals surface area contributed by atoms with Crippen molar-refractivity contribution in [3.05, 3.63) is 100 Å². The number of hydrogen-bond acceptors (Lipinski definition) is 2. The zero-order valence-corrected chi connectivity index (χ0v) is 16.4. The van der Waals surface area contributed by atoms with Gasteiger partial charge in [0.05, 0.1) is 11.2 Å². The van der Waals surface area contributed by atoms with Gasteiger partial charge in [0.2, 0.25) is 0 Å². The second-order valence-electron chi connectivity index (χ2n) is 7.51. The van der Waals surface area contributed by atoms with Crippen LogP contribution in [-0.2, 0) is 12.0 Å². The van der Waals surface area contributed by atoms with E-state index in [2.05, 4.69) is 29.4 Å². The van der Waals surface area contributed by atoms with Crippen LogP contribution in [0, 0.1) is 13.8 Å². The van der Waals surface area contributed by atoms with Crippen molar-refractivity contribution in [2.24, 2.45) is 0 Å². The van der Waals surface area contributed by atoms with E-state index < -0.39 is 5.54 Å². The Hall–Kier alpha value is -2.94. The normalized spacial score (nSPS) is 11.3. The maximum atomic E-state index is 13.2. The Bertz CT molecular complexity index is 946. The summed E-state index contributed by atoms with van der Waals surface area (Å²) in [5, 5.41) is 3.17. The molecule has 27 heavy (non-hydrogen) atoms. The minimum atomic E-state index is -0.555. The van der Waals surface area contributed by atoms with Crippen molar-refractivity contribution in [2.75, 3.05) is 0 Å². The third kappa shape index (κ3) is 4.25. The van der Waals surface area contributed by atoms with Crippen LogP contribution in [0.4, 0.5) is 0 Å². The molecule has 1 N–H and O–H groups in total. The first-order chi connectivity index (χ1) is 12.9. The predicted molar refractivity (Wildman–Crippen MR) is 110 cm³/mol. The molecule has 0 aliphatic rings. The minimum absolute atomic E-state index is 0.0627. The Morgan fingerprint density at radius 3 is 2.26 bits per heavy atom. The third-order valence-electron chi connectivity index (χ3n) is 4.96. The van der Waals surface area contributed by atoms with E-state index in [9.17, 15) is 4.79 Å². The van der Waals surface area contributed by atoms with Gasteiger partial charge in [0, 0.05) is 11.8 Å². The Balaban J connectivity index is 1.92. The van der Waals surface area contributed by atoms with Crippen LogP contribution in [0.5, 0.6) is 0 Å². The topological polar surface area (TPSA) is 42.0 Å². The van der Waals surface area contributed by atoms with Gasteiger partial charge in [-0.15, -0.1) is 0 Å². The number of amides is 1. The molecule has 138 valence electrons. The summed E-state index contributed by atoms with van der Waals surface area (Å²) < 4.78 is 0. The van der Waals surface area contributed by atoms with Gasteiger partial charge >= 0.3 is 0 Å². The zero-order chi connectivity index (χ0) is 19.4. The highest BCUT2D eigenvalue weighted by Crippen LogP contribution is 2.23. The summed E-state index contributed by atoms with van der Waals surface area (Å²) in [7, 11) is 0. The molecule has 0 radical (unpaired) electrons. The molecule has 0 saturated carbocycles. The van der Waals surface area contributed by atoms with Gasteiger partial charge in [-0.3, -0.25) is 9.78 Å². The maximum Gasteiger partial charge on any atom is 0.252 e. The van der Waals surface area contributed by atoms with E-state index in [-0.39, 0.29) is 5.91 Å². The van der Waals surface area contributed by atoms with Gasteiger partial charge in [0.1, 0.15) is 0 Å². The number of carbonyl (C=O) groups excluding carboxylic acids is 1. The molecule has 0 atom stereocenters. The quantitative estimate of drug-likeness (QED) is 0.701. The number of nitrogens with one attached hydrogen (secondary N) is 1. The minimum Gasteiger partial charge on any atom is -0.342 e. The number of pyridine rings is 1. The van der Waals surface area contributed by atoms with Crippen molar-refractivity contribution in [3.63, 3.8) is 0 Å². The first kappa shape index (κ1) is 18.8. The Morgan fingerprint density at radius 2 is 1.56 bits per heavy atom. The van der Waals surface area contributed by atoms with Crippen molar-refractivity contribution in [2.45, 2.75) is 39.7 Å². The van der Waals surface area contributed by atoms with Gasteiger partial charge in [-0.05, 0) is 68.5 Å². The van der Waals surface area contributed by atoms with Crippen molar-refractivity contribution in [3.8, 4) is 0 Å². The van der Waals surface area contributed by atoms with Crippen molar-refractivity contribution < 1.29 is 4.79 Å². The first-order valence-electron chi connectivity index (χ1n) is 9.25. The van der Waals surface area contributed by atoms with Gasteiger partial charge in [0.25, 0.3) is 5.91 Å². The number of nitrogens with zero attached hydrogens (tertiary/aromatic N) is 1. The fourth-order valence-electron chi connectivity index (χ4n) is 3.36. The van der Waals surface area contributed by atoms with Gasteiger partial charge in [-0.25, -0.2) is 0 Å². The summed E-state index contributed by atoms with van der Waals surface area (Å²) in [5.74, 6) is -0.0627. The number of carbonyl (C=O) groups is 1. The monoisotopic (exact) mass is 358 g/mol. The number of benzene rings is 2. The third-order valence-corrected chi connectivity index (χ3v) is 4.96. The second-order valence-corrected chi connectivity index (χ2v) is 7.51. The Kier molecular flexibility index (Phi) is 5.41. The maximum absolute atomic E-state index is 13.2. The average Bonchev–Trinajstić information content (AvgIpc) is 2.64.